The van der Waals surface area contributed by atoms with Crippen molar-refractivity contribution in [2.75, 3.05) is 6.54 Å². The van der Waals surface area contributed by atoms with Gasteiger partial charge in [-0.3, -0.25) is 5.21 Å². The average Bonchev–Trinajstić information content (AvgIpc) is 2.76. The van der Waals surface area contributed by atoms with E-state index in [2.05, 4.69) is 11.1 Å². The maximum absolute atomic E-state index is 11.0. The van der Waals surface area contributed by atoms with Gasteiger partial charge in [-0.15, -0.1) is 0 Å². The first-order chi connectivity index (χ1) is 14.5. The molecule has 30 heavy (non-hydrogen) atoms. The Labute approximate surface area is 174 Å². The highest BCUT2D eigenvalue weighted by atomic mass is 16.5. The number of carbonyl (C=O) groups excluding carboxylic acids is 1. The van der Waals surface area contributed by atoms with E-state index in [9.17, 15) is 10.0 Å². The fourth-order valence-corrected chi connectivity index (χ4v) is 3.44. The van der Waals surface area contributed by atoms with E-state index >= 15 is 0 Å². The molecular formula is C24H23N3O3. The third kappa shape index (κ3) is 4.34. The van der Waals surface area contributed by atoms with Crippen LogP contribution in [0.5, 0.6) is 5.75 Å². The quantitative estimate of drug-likeness (QED) is 0.357. The number of primary amides is 1. The molecule has 1 aromatic heterocycles. The van der Waals surface area contributed by atoms with Gasteiger partial charge in [0.05, 0.1) is 17.8 Å². The van der Waals surface area contributed by atoms with E-state index in [4.69, 9.17) is 10.5 Å². The Morgan fingerprint density at radius 1 is 1.03 bits per heavy atom. The third-order valence-corrected chi connectivity index (χ3v) is 5.15. The first-order valence-electron chi connectivity index (χ1n) is 9.76. The summed E-state index contributed by atoms with van der Waals surface area (Å²) in [4.78, 5) is 15.7. The molecule has 1 atom stereocenters. The summed E-state index contributed by atoms with van der Waals surface area (Å²) in [5.74, 6) is 0.718. The van der Waals surface area contributed by atoms with Gasteiger partial charge in [-0.25, -0.2) is 14.8 Å². The van der Waals surface area contributed by atoms with Crippen molar-refractivity contribution in [1.29, 1.82) is 0 Å². The van der Waals surface area contributed by atoms with Gasteiger partial charge in [0.15, 0.2) is 0 Å². The molecule has 0 saturated heterocycles. The molecule has 1 unspecified atom stereocenters. The fraction of sp³-hybridized carbons (Fsp3) is 0.167. The number of urea groups is 1. The van der Waals surface area contributed by atoms with Gasteiger partial charge in [0, 0.05) is 11.3 Å². The molecule has 3 aromatic carbocycles. The standard InChI is InChI=1S/C24H23N3O3/c1-16(14-27(29)24(25)28)18-6-7-20-13-22(11-9-19(20)12-18)30-15-21-10-8-17-4-2-3-5-23(17)26-21/h2-13,16,29H,14-15H2,1H3,(H2,25,28). The van der Waals surface area contributed by atoms with Crippen LogP contribution in [0.4, 0.5) is 4.79 Å². The van der Waals surface area contributed by atoms with Crippen LogP contribution in [0, 0.1) is 0 Å². The lowest BCUT2D eigenvalue weighted by Gasteiger charge is -2.18. The lowest BCUT2D eigenvalue weighted by Crippen LogP contribution is -2.35. The van der Waals surface area contributed by atoms with E-state index in [1.807, 2.05) is 73.7 Å². The summed E-state index contributed by atoms with van der Waals surface area (Å²) in [6.07, 6.45) is 0. The van der Waals surface area contributed by atoms with Gasteiger partial charge in [0.25, 0.3) is 0 Å². The number of rotatable bonds is 6. The van der Waals surface area contributed by atoms with E-state index in [0.29, 0.717) is 11.7 Å². The number of nitrogens with zero attached hydrogens (tertiary/aromatic N) is 2. The molecule has 0 aliphatic rings. The Morgan fingerprint density at radius 2 is 1.77 bits per heavy atom. The van der Waals surface area contributed by atoms with Crippen LogP contribution in [0.1, 0.15) is 24.1 Å². The summed E-state index contributed by atoms with van der Waals surface area (Å²) in [6.45, 7) is 2.47. The topological polar surface area (TPSA) is 88.7 Å². The second-order valence-corrected chi connectivity index (χ2v) is 7.37. The number of pyridine rings is 1. The van der Waals surface area contributed by atoms with Gasteiger partial charge in [0.2, 0.25) is 0 Å². The second kappa shape index (κ2) is 8.39. The van der Waals surface area contributed by atoms with Crippen molar-refractivity contribution >= 4 is 27.7 Å². The van der Waals surface area contributed by atoms with E-state index in [-0.39, 0.29) is 12.5 Å². The first-order valence-corrected chi connectivity index (χ1v) is 9.76. The highest BCUT2D eigenvalue weighted by Gasteiger charge is 2.13. The van der Waals surface area contributed by atoms with Crippen LogP contribution < -0.4 is 10.5 Å². The van der Waals surface area contributed by atoms with Gasteiger partial charge in [-0.1, -0.05) is 55.5 Å². The summed E-state index contributed by atoms with van der Waals surface area (Å²) in [5.41, 5.74) is 7.93. The van der Waals surface area contributed by atoms with Crippen LogP contribution >= 0.6 is 0 Å². The molecule has 152 valence electrons. The minimum absolute atomic E-state index is 0.0539. The molecule has 1 heterocycles. The molecule has 4 rings (SSSR count). The lowest BCUT2D eigenvalue weighted by atomic mass is 9.97. The van der Waals surface area contributed by atoms with E-state index in [0.717, 1.165) is 38.7 Å². The van der Waals surface area contributed by atoms with Crippen molar-refractivity contribution in [3.8, 4) is 5.75 Å². The van der Waals surface area contributed by atoms with E-state index in [1.165, 1.54) is 0 Å². The zero-order chi connectivity index (χ0) is 21.1. The molecule has 2 amide bonds. The Hall–Kier alpha value is -3.64. The molecule has 0 aliphatic carbocycles. The van der Waals surface area contributed by atoms with Crippen molar-refractivity contribution in [3.05, 3.63) is 84.1 Å². The molecule has 0 saturated carbocycles. The number of carbonyl (C=O) groups is 1. The number of fused-ring (bicyclic) bond motifs is 2. The number of hydrogen-bond acceptors (Lipinski definition) is 4. The van der Waals surface area contributed by atoms with Crippen LogP contribution in [-0.4, -0.2) is 27.8 Å². The first kappa shape index (κ1) is 19.7. The summed E-state index contributed by atoms with van der Waals surface area (Å²) < 4.78 is 5.95. The van der Waals surface area contributed by atoms with Crippen molar-refractivity contribution in [1.82, 2.24) is 10.0 Å². The number of nitrogens with two attached hydrogens (primary N) is 1. The Morgan fingerprint density at radius 3 is 2.60 bits per heavy atom. The number of hydroxylamine groups is 2. The molecule has 6 heteroatoms. The van der Waals surface area contributed by atoms with Gasteiger partial charge >= 0.3 is 6.03 Å². The smallest absolute Gasteiger partial charge is 0.338 e. The minimum Gasteiger partial charge on any atom is -0.487 e. The lowest BCUT2D eigenvalue weighted by molar-refractivity contribution is -0.0427. The Kier molecular flexibility index (Phi) is 5.50. The Balaban J connectivity index is 1.47. The van der Waals surface area contributed by atoms with Gasteiger partial charge in [-0.2, -0.15) is 0 Å². The van der Waals surface area contributed by atoms with Gasteiger partial charge in [-0.05, 0) is 40.6 Å². The summed E-state index contributed by atoms with van der Waals surface area (Å²) in [6, 6.07) is 23.1. The predicted molar refractivity (Wildman–Crippen MR) is 117 cm³/mol. The summed E-state index contributed by atoms with van der Waals surface area (Å²) in [5, 5.41) is 13.3. The van der Waals surface area contributed by atoms with Gasteiger partial charge in [0.1, 0.15) is 12.4 Å². The molecule has 4 aromatic rings. The largest absolute Gasteiger partial charge is 0.487 e. The zero-order valence-corrected chi connectivity index (χ0v) is 16.7. The third-order valence-electron chi connectivity index (χ3n) is 5.15. The second-order valence-electron chi connectivity index (χ2n) is 7.37. The molecule has 0 radical (unpaired) electrons. The maximum Gasteiger partial charge on any atom is 0.338 e. The molecule has 0 spiro atoms. The molecule has 3 N–H and O–H groups in total. The molecule has 0 aliphatic heterocycles. The average molecular weight is 401 g/mol. The van der Waals surface area contributed by atoms with Crippen molar-refractivity contribution in [3.63, 3.8) is 0 Å². The van der Waals surface area contributed by atoms with E-state index in [1.54, 1.807) is 0 Å². The SMILES string of the molecule is CC(CN(O)C(N)=O)c1ccc2cc(OCc3ccc4ccccc4n3)ccc2c1. The fourth-order valence-electron chi connectivity index (χ4n) is 3.44. The summed E-state index contributed by atoms with van der Waals surface area (Å²) >= 11 is 0. The number of aromatic nitrogens is 1. The number of para-hydroxylation sites is 1. The highest BCUT2D eigenvalue weighted by Crippen LogP contribution is 2.26. The molecule has 0 fully saturated rings. The number of benzene rings is 3. The Bertz CT molecular complexity index is 1210. The highest BCUT2D eigenvalue weighted by molar-refractivity contribution is 5.84. The maximum atomic E-state index is 11.0. The van der Waals surface area contributed by atoms with Crippen LogP contribution in [0.2, 0.25) is 0 Å². The number of amides is 2. The van der Waals surface area contributed by atoms with Crippen LogP contribution in [0.15, 0.2) is 72.8 Å². The minimum atomic E-state index is -0.856. The zero-order valence-electron chi connectivity index (χ0n) is 16.7. The van der Waals surface area contributed by atoms with Crippen LogP contribution in [-0.2, 0) is 6.61 Å². The van der Waals surface area contributed by atoms with Crippen LogP contribution in [0.25, 0.3) is 21.7 Å². The van der Waals surface area contributed by atoms with E-state index < -0.39 is 6.03 Å². The van der Waals surface area contributed by atoms with Gasteiger partial charge < -0.3 is 10.5 Å². The molecule has 0 bridgehead atoms. The molecular weight excluding hydrogens is 378 g/mol. The van der Waals surface area contributed by atoms with Crippen molar-refractivity contribution in [2.45, 2.75) is 19.4 Å². The predicted octanol–water partition coefficient (Wildman–Crippen LogP) is 4.84. The molecule has 6 nitrogen and oxygen atoms in total. The monoisotopic (exact) mass is 401 g/mol. The van der Waals surface area contributed by atoms with Crippen molar-refractivity contribution in [2.24, 2.45) is 5.73 Å². The number of hydrogen-bond donors (Lipinski definition) is 2. The van der Waals surface area contributed by atoms with Crippen molar-refractivity contribution < 1.29 is 14.7 Å². The number of ether oxygens (including phenoxy) is 1. The summed E-state index contributed by atoms with van der Waals surface area (Å²) in [7, 11) is 0. The normalized spacial score (nSPS) is 12.1. The van der Waals surface area contributed by atoms with Crippen LogP contribution in [0.3, 0.4) is 0 Å².